The Labute approximate surface area is 151 Å². The van der Waals surface area contributed by atoms with Crippen LogP contribution in [0.5, 0.6) is 0 Å². The van der Waals surface area contributed by atoms with Crippen LogP contribution in [0.4, 0.5) is 5.69 Å². The maximum Gasteiger partial charge on any atom is 0.242 e. The Kier molecular flexibility index (Phi) is 7.48. The highest BCUT2D eigenvalue weighted by atomic mass is 16.2. The third-order valence-electron chi connectivity index (χ3n) is 4.48. The fourth-order valence-electron chi connectivity index (χ4n) is 3.01. The van der Waals surface area contributed by atoms with E-state index in [1.807, 2.05) is 55.6 Å². The second-order valence-electron chi connectivity index (χ2n) is 6.08. The first-order valence-corrected chi connectivity index (χ1v) is 9.00. The van der Waals surface area contributed by atoms with Crippen molar-refractivity contribution in [2.24, 2.45) is 0 Å². The minimum absolute atomic E-state index is 0.0661. The number of rotatable bonds is 9. The molecule has 4 nitrogen and oxygen atoms in total. The summed E-state index contributed by atoms with van der Waals surface area (Å²) in [6.07, 6.45) is 0. The molecule has 0 saturated carbocycles. The van der Waals surface area contributed by atoms with E-state index >= 15 is 0 Å². The number of anilines is 1. The van der Waals surface area contributed by atoms with Crippen LogP contribution in [-0.2, 0) is 4.79 Å². The van der Waals surface area contributed by atoms with Crippen molar-refractivity contribution in [2.75, 3.05) is 38.1 Å². The van der Waals surface area contributed by atoms with E-state index in [9.17, 15) is 4.79 Å². The van der Waals surface area contributed by atoms with E-state index < -0.39 is 0 Å². The lowest BCUT2D eigenvalue weighted by Crippen LogP contribution is -2.42. The van der Waals surface area contributed by atoms with Gasteiger partial charge in [0.1, 0.15) is 6.04 Å². The molecule has 1 unspecified atom stereocenters. The third kappa shape index (κ3) is 5.33. The molecule has 0 heterocycles. The van der Waals surface area contributed by atoms with Crippen molar-refractivity contribution in [2.45, 2.75) is 19.9 Å². The molecular weight excluding hydrogens is 310 g/mol. The van der Waals surface area contributed by atoms with E-state index in [4.69, 9.17) is 0 Å². The number of likely N-dealkylation sites (N-methyl/N-ethyl adjacent to an activating group) is 2. The summed E-state index contributed by atoms with van der Waals surface area (Å²) >= 11 is 0. The van der Waals surface area contributed by atoms with Crippen LogP contribution in [0.2, 0.25) is 0 Å². The lowest BCUT2D eigenvalue weighted by Gasteiger charge is -2.29. The summed E-state index contributed by atoms with van der Waals surface area (Å²) in [6, 6.07) is 20.0. The summed E-state index contributed by atoms with van der Waals surface area (Å²) in [5.74, 6) is 0.0661. The van der Waals surface area contributed by atoms with Gasteiger partial charge in [0.15, 0.2) is 0 Å². The Morgan fingerprint density at radius 1 is 0.960 bits per heavy atom. The zero-order chi connectivity index (χ0) is 18.1. The summed E-state index contributed by atoms with van der Waals surface area (Å²) in [5, 5.41) is 3.11. The molecule has 2 rings (SSSR count). The zero-order valence-electron chi connectivity index (χ0n) is 15.5. The molecule has 0 aliphatic rings. The van der Waals surface area contributed by atoms with Crippen molar-refractivity contribution in [3.8, 4) is 0 Å². The van der Waals surface area contributed by atoms with Crippen LogP contribution in [0.3, 0.4) is 0 Å². The van der Waals surface area contributed by atoms with Crippen molar-refractivity contribution in [1.29, 1.82) is 0 Å². The lowest BCUT2D eigenvalue weighted by atomic mass is 10.0. The molecule has 4 heteroatoms. The molecule has 0 aromatic heterocycles. The van der Waals surface area contributed by atoms with Gasteiger partial charge in [-0.2, -0.15) is 0 Å². The van der Waals surface area contributed by atoms with Gasteiger partial charge < -0.3 is 10.2 Å². The smallest absolute Gasteiger partial charge is 0.242 e. The maximum atomic E-state index is 12.8. The van der Waals surface area contributed by atoms with Gasteiger partial charge in [0.25, 0.3) is 0 Å². The second kappa shape index (κ2) is 9.84. The summed E-state index contributed by atoms with van der Waals surface area (Å²) in [6.45, 7) is 7.26. The molecule has 25 heavy (non-hydrogen) atoms. The van der Waals surface area contributed by atoms with Crippen molar-refractivity contribution >= 4 is 11.6 Å². The van der Waals surface area contributed by atoms with E-state index in [0.29, 0.717) is 6.54 Å². The number of amides is 1. The molecule has 0 radical (unpaired) electrons. The van der Waals surface area contributed by atoms with Gasteiger partial charge in [0.05, 0.1) is 0 Å². The lowest BCUT2D eigenvalue weighted by molar-refractivity contribution is -0.126. The highest BCUT2D eigenvalue weighted by molar-refractivity contribution is 5.83. The number of carbonyl (C=O) groups is 1. The van der Waals surface area contributed by atoms with Gasteiger partial charge in [-0.05, 0) is 30.8 Å². The van der Waals surface area contributed by atoms with Crippen LogP contribution in [-0.4, -0.2) is 44.0 Å². The number of hydrogen-bond acceptors (Lipinski definition) is 3. The number of hydrogen-bond donors (Lipinski definition) is 1. The first-order chi connectivity index (χ1) is 12.2. The van der Waals surface area contributed by atoms with Crippen molar-refractivity contribution in [3.63, 3.8) is 0 Å². The molecule has 1 atom stereocenters. The standard InChI is InChI=1S/C21H29N3O/c1-4-24(5-2)20(18-12-8-6-9-13-18)21(25)22-16-17-23(3)19-14-10-7-11-15-19/h6-15,20H,4-5,16-17H2,1-3H3,(H,22,25). The maximum absolute atomic E-state index is 12.8. The molecule has 134 valence electrons. The molecule has 2 aromatic carbocycles. The van der Waals surface area contributed by atoms with E-state index in [-0.39, 0.29) is 11.9 Å². The SMILES string of the molecule is CCN(CC)C(C(=O)NCCN(C)c1ccccc1)c1ccccc1. The van der Waals surface area contributed by atoms with Crippen molar-refractivity contribution in [3.05, 3.63) is 66.2 Å². The van der Waals surface area contributed by atoms with Crippen LogP contribution < -0.4 is 10.2 Å². The molecule has 0 aliphatic heterocycles. The van der Waals surface area contributed by atoms with Crippen LogP contribution in [0.25, 0.3) is 0 Å². The summed E-state index contributed by atoms with van der Waals surface area (Å²) in [5.41, 5.74) is 2.19. The highest BCUT2D eigenvalue weighted by Crippen LogP contribution is 2.20. The van der Waals surface area contributed by atoms with Crippen LogP contribution >= 0.6 is 0 Å². The van der Waals surface area contributed by atoms with Gasteiger partial charge in [-0.15, -0.1) is 0 Å². The Morgan fingerprint density at radius 3 is 2.08 bits per heavy atom. The number of nitrogens with zero attached hydrogens (tertiary/aromatic N) is 2. The molecule has 0 aliphatic carbocycles. The average Bonchev–Trinajstić information content (AvgIpc) is 2.67. The number of nitrogens with one attached hydrogen (secondary N) is 1. The van der Waals surface area contributed by atoms with Crippen molar-refractivity contribution in [1.82, 2.24) is 10.2 Å². The monoisotopic (exact) mass is 339 g/mol. The van der Waals surface area contributed by atoms with Gasteiger partial charge in [-0.1, -0.05) is 62.4 Å². The normalized spacial score (nSPS) is 12.0. The first-order valence-electron chi connectivity index (χ1n) is 9.00. The fourth-order valence-corrected chi connectivity index (χ4v) is 3.01. The molecule has 0 spiro atoms. The van der Waals surface area contributed by atoms with Crippen LogP contribution in [0, 0.1) is 0 Å². The molecule has 0 fully saturated rings. The van der Waals surface area contributed by atoms with Gasteiger partial charge in [0.2, 0.25) is 5.91 Å². The van der Waals surface area contributed by atoms with E-state index in [0.717, 1.165) is 30.9 Å². The summed E-state index contributed by atoms with van der Waals surface area (Å²) in [7, 11) is 2.04. The van der Waals surface area contributed by atoms with E-state index in [2.05, 4.69) is 41.1 Å². The van der Waals surface area contributed by atoms with Gasteiger partial charge >= 0.3 is 0 Å². The zero-order valence-corrected chi connectivity index (χ0v) is 15.5. The number of para-hydroxylation sites is 1. The van der Waals surface area contributed by atoms with Gasteiger partial charge in [-0.25, -0.2) is 0 Å². The van der Waals surface area contributed by atoms with Crippen LogP contribution in [0.1, 0.15) is 25.5 Å². The highest BCUT2D eigenvalue weighted by Gasteiger charge is 2.25. The first kappa shape index (κ1) is 19.0. The van der Waals surface area contributed by atoms with E-state index in [1.165, 1.54) is 0 Å². The fraction of sp³-hybridized carbons (Fsp3) is 0.381. The molecule has 1 amide bonds. The largest absolute Gasteiger partial charge is 0.373 e. The van der Waals surface area contributed by atoms with Crippen molar-refractivity contribution < 1.29 is 4.79 Å². The minimum atomic E-state index is -0.238. The Morgan fingerprint density at radius 2 is 1.52 bits per heavy atom. The second-order valence-corrected chi connectivity index (χ2v) is 6.08. The molecule has 0 bridgehead atoms. The molecule has 0 saturated heterocycles. The quantitative estimate of drug-likeness (QED) is 0.761. The summed E-state index contributed by atoms with van der Waals surface area (Å²) < 4.78 is 0. The number of carbonyl (C=O) groups excluding carboxylic acids is 1. The molecule has 1 N–H and O–H groups in total. The average molecular weight is 339 g/mol. The Bertz CT molecular complexity index is 626. The van der Waals surface area contributed by atoms with Gasteiger partial charge in [0, 0.05) is 25.8 Å². The minimum Gasteiger partial charge on any atom is -0.373 e. The Hall–Kier alpha value is -2.33. The topological polar surface area (TPSA) is 35.6 Å². The third-order valence-corrected chi connectivity index (χ3v) is 4.48. The predicted molar refractivity (Wildman–Crippen MR) is 105 cm³/mol. The predicted octanol–water partition coefficient (Wildman–Crippen LogP) is 3.32. The molecule has 2 aromatic rings. The van der Waals surface area contributed by atoms with Gasteiger partial charge in [-0.3, -0.25) is 9.69 Å². The summed E-state index contributed by atoms with van der Waals surface area (Å²) in [4.78, 5) is 17.2. The number of benzene rings is 2. The molecular formula is C21H29N3O. The van der Waals surface area contributed by atoms with E-state index in [1.54, 1.807) is 0 Å². The van der Waals surface area contributed by atoms with Crippen LogP contribution in [0.15, 0.2) is 60.7 Å². The Balaban J connectivity index is 1.98.